The van der Waals surface area contributed by atoms with Gasteiger partial charge in [-0.15, -0.1) is 0 Å². The van der Waals surface area contributed by atoms with Crippen LogP contribution in [0.5, 0.6) is 0 Å². The molecule has 15 heavy (non-hydrogen) atoms. The Morgan fingerprint density at radius 3 is 1.73 bits per heavy atom. The van der Waals surface area contributed by atoms with Crippen LogP contribution in [0.25, 0.3) is 0 Å². The first-order chi connectivity index (χ1) is 6.96. The average molecular weight is 238 g/mol. The van der Waals surface area contributed by atoms with Gasteiger partial charge in [-0.3, -0.25) is 9.59 Å². The Bertz CT molecular complexity index is 281. The van der Waals surface area contributed by atoms with Crippen LogP contribution in [0.3, 0.4) is 0 Å². The van der Waals surface area contributed by atoms with E-state index in [9.17, 15) is 22.8 Å². The zero-order chi connectivity index (χ0) is 11.8. The summed E-state index contributed by atoms with van der Waals surface area (Å²) in [7, 11) is 0. The van der Waals surface area contributed by atoms with Gasteiger partial charge in [0.2, 0.25) is 12.0 Å². The van der Waals surface area contributed by atoms with Crippen molar-refractivity contribution in [2.45, 2.75) is 19.5 Å². The monoisotopic (exact) mass is 238 g/mol. The third-order valence-electron chi connectivity index (χ3n) is 1.25. The molecule has 0 radical (unpaired) electrons. The highest BCUT2D eigenvalue weighted by Gasteiger charge is 2.29. The molecule has 0 N–H and O–H groups in total. The van der Waals surface area contributed by atoms with Crippen molar-refractivity contribution in [2.24, 2.45) is 0 Å². The number of Topliss-reactive ketones (excluding diaryl/α,β-unsaturated/α-hetero) is 2. The summed E-state index contributed by atoms with van der Waals surface area (Å²) in [6.07, 6.45) is -6.07. The second kappa shape index (κ2) is 7.17. The van der Waals surface area contributed by atoms with E-state index in [1.165, 1.54) is 0 Å². The average Bonchev–Trinajstić information content (AvgIpc) is 2.73. The molecule has 0 amide bonds. The Morgan fingerprint density at radius 2 is 1.60 bits per heavy atom. The molecule has 0 aromatic carbocycles. The maximum absolute atomic E-state index is 12.0. The number of thiophene rings is 1. The molecule has 1 unspecified atom stereocenters. The van der Waals surface area contributed by atoms with Crippen LogP contribution in [0.2, 0.25) is 0 Å². The Kier molecular flexibility index (Phi) is 6.61. The molecule has 1 aromatic heterocycles. The van der Waals surface area contributed by atoms with Gasteiger partial charge in [0.25, 0.3) is 6.43 Å². The van der Waals surface area contributed by atoms with E-state index in [-0.39, 0.29) is 0 Å². The van der Waals surface area contributed by atoms with Gasteiger partial charge < -0.3 is 0 Å². The van der Waals surface area contributed by atoms with E-state index in [2.05, 4.69) is 0 Å². The Labute approximate surface area is 88.7 Å². The molecule has 1 rings (SSSR count). The lowest BCUT2D eigenvalue weighted by Gasteiger charge is -1.99. The lowest BCUT2D eigenvalue weighted by molar-refractivity contribution is -0.140. The van der Waals surface area contributed by atoms with Crippen LogP contribution in [-0.4, -0.2) is 24.2 Å². The summed E-state index contributed by atoms with van der Waals surface area (Å²) >= 11 is 1.71. The van der Waals surface area contributed by atoms with Crippen LogP contribution in [0, 0.1) is 0 Å². The van der Waals surface area contributed by atoms with Crippen molar-refractivity contribution in [3.63, 3.8) is 0 Å². The van der Waals surface area contributed by atoms with Crippen LogP contribution < -0.4 is 0 Å². The molecule has 0 saturated heterocycles. The largest absolute Gasteiger partial charge is 0.299 e. The molecule has 0 aliphatic rings. The van der Waals surface area contributed by atoms with Crippen molar-refractivity contribution >= 4 is 22.9 Å². The number of ketones is 2. The molecule has 1 atom stereocenters. The standard InChI is InChI=1S/C5H5F3O2.C4H4S/c1-2(9)3(6)4(10)5(7)8;1-2-4-5-3-1/h3,5H,1H3;1-4H. The molecule has 0 fully saturated rings. The fourth-order valence-electron chi connectivity index (χ4n) is 0.538. The van der Waals surface area contributed by atoms with Crippen LogP contribution in [0.15, 0.2) is 22.9 Å². The lowest BCUT2D eigenvalue weighted by Crippen LogP contribution is -2.28. The fourth-order valence-corrected chi connectivity index (χ4v) is 0.991. The zero-order valence-electron chi connectivity index (χ0n) is 7.82. The van der Waals surface area contributed by atoms with Gasteiger partial charge in [0, 0.05) is 0 Å². The number of carbonyl (C=O) groups is 2. The van der Waals surface area contributed by atoms with Crippen molar-refractivity contribution in [3.05, 3.63) is 22.9 Å². The van der Waals surface area contributed by atoms with E-state index in [1.807, 2.05) is 22.9 Å². The maximum atomic E-state index is 12.0. The number of rotatable bonds is 3. The highest BCUT2D eigenvalue weighted by molar-refractivity contribution is 7.07. The predicted molar refractivity (Wildman–Crippen MR) is 50.9 cm³/mol. The van der Waals surface area contributed by atoms with Gasteiger partial charge in [-0.1, -0.05) is 12.1 Å². The minimum Gasteiger partial charge on any atom is -0.296 e. The summed E-state index contributed by atoms with van der Waals surface area (Å²) in [5, 5.41) is 4.08. The summed E-state index contributed by atoms with van der Waals surface area (Å²) in [5.74, 6) is -3.15. The molecular weight excluding hydrogens is 229 g/mol. The van der Waals surface area contributed by atoms with E-state index in [4.69, 9.17) is 0 Å². The van der Waals surface area contributed by atoms with Gasteiger partial charge in [0.05, 0.1) is 0 Å². The fraction of sp³-hybridized carbons (Fsp3) is 0.333. The first-order valence-corrected chi connectivity index (χ1v) is 4.84. The van der Waals surface area contributed by atoms with Crippen LogP contribution >= 0.6 is 11.3 Å². The summed E-state index contributed by atoms with van der Waals surface area (Å²) in [4.78, 5) is 19.9. The Hall–Kier alpha value is -1.17. The number of hydrogen-bond donors (Lipinski definition) is 0. The molecule has 0 saturated carbocycles. The van der Waals surface area contributed by atoms with Crippen molar-refractivity contribution in [2.75, 3.05) is 0 Å². The van der Waals surface area contributed by atoms with Gasteiger partial charge in [-0.05, 0) is 17.7 Å². The Morgan fingerprint density at radius 1 is 1.13 bits per heavy atom. The van der Waals surface area contributed by atoms with E-state index in [0.29, 0.717) is 0 Å². The van der Waals surface area contributed by atoms with E-state index >= 15 is 0 Å². The van der Waals surface area contributed by atoms with Crippen LogP contribution in [0.4, 0.5) is 13.2 Å². The van der Waals surface area contributed by atoms with Gasteiger partial charge in [0.15, 0.2) is 5.78 Å². The second-order valence-corrected chi connectivity index (χ2v) is 3.29. The third kappa shape index (κ3) is 6.01. The minimum atomic E-state index is -3.40. The molecule has 1 aromatic rings. The number of halogens is 3. The summed E-state index contributed by atoms with van der Waals surface area (Å²) in [6.45, 7) is 0.741. The lowest BCUT2D eigenvalue weighted by atomic mass is 10.2. The molecular formula is C9H9F3O2S. The normalized spacial score (nSPS) is 11.5. The van der Waals surface area contributed by atoms with Crippen molar-refractivity contribution < 1.29 is 22.8 Å². The maximum Gasteiger partial charge on any atom is 0.299 e. The topological polar surface area (TPSA) is 34.1 Å². The van der Waals surface area contributed by atoms with E-state index < -0.39 is 24.2 Å². The first kappa shape index (κ1) is 13.8. The molecule has 0 spiro atoms. The summed E-state index contributed by atoms with van der Waals surface area (Å²) < 4.78 is 34.6. The zero-order valence-corrected chi connectivity index (χ0v) is 8.64. The van der Waals surface area contributed by atoms with Gasteiger partial charge in [-0.2, -0.15) is 11.3 Å². The summed E-state index contributed by atoms with van der Waals surface area (Å²) in [6, 6.07) is 4.04. The number of alkyl halides is 3. The summed E-state index contributed by atoms with van der Waals surface area (Å²) in [5.41, 5.74) is 0. The van der Waals surface area contributed by atoms with Gasteiger partial charge >= 0.3 is 0 Å². The number of carbonyl (C=O) groups excluding carboxylic acids is 2. The van der Waals surface area contributed by atoms with Crippen molar-refractivity contribution in [1.29, 1.82) is 0 Å². The molecule has 0 aliphatic heterocycles. The van der Waals surface area contributed by atoms with Crippen LogP contribution in [-0.2, 0) is 9.59 Å². The highest BCUT2D eigenvalue weighted by Crippen LogP contribution is 2.03. The van der Waals surface area contributed by atoms with Gasteiger partial charge in [-0.25, -0.2) is 13.2 Å². The minimum absolute atomic E-state index is 0.741. The quantitative estimate of drug-likeness (QED) is 0.758. The molecule has 0 bridgehead atoms. The smallest absolute Gasteiger partial charge is 0.296 e. The molecule has 84 valence electrons. The van der Waals surface area contributed by atoms with Crippen molar-refractivity contribution in [1.82, 2.24) is 0 Å². The van der Waals surface area contributed by atoms with E-state index in [1.54, 1.807) is 11.3 Å². The van der Waals surface area contributed by atoms with Gasteiger partial charge in [0.1, 0.15) is 0 Å². The second-order valence-electron chi connectivity index (χ2n) is 2.47. The van der Waals surface area contributed by atoms with Crippen molar-refractivity contribution in [3.8, 4) is 0 Å². The molecule has 2 nitrogen and oxygen atoms in total. The Balaban J connectivity index is 0.000000322. The molecule has 1 heterocycles. The highest BCUT2D eigenvalue weighted by atomic mass is 32.1. The third-order valence-corrected chi connectivity index (χ3v) is 1.88. The first-order valence-electron chi connectivity index (χ1n) is 3.90. The number of hydrogen-bond acceptors (Lipinski definition) is 3. The van der Waals surface area contributed by atoms with E-state index in [0.717, 1.165) is 6.92 Å². The molecule has 6 heteroatoms. The molecule has 0 aliphatic carbocycles. The SMILES string of the molecule is CC(=O)C(F)C(=O)C(F)F.c1ccsc1. The van der Waals surface area contributed by atoms with Crippen LogP contribution in [0.1, 0.15) is 6.92 Å². The predicted octanol–water partition coefficient (Wildman–Crippen LogP) is 2.50.